The van der Waals surface area contributed by atoms with Crippen LogP contribution in [0.3, 0.4) is 0 Å². The summed E-state index contributed by atoms with van der Waals surface area (Å²) >= 11 is 0. The summed E-state index contributed by atoms with van der Waals surface area (Å²) in [5.74, 6) is 2.41. The van der Waals surface area contributed by atoms with E-state index in [4.69, 9.17) is 0 Å². The molecule has 2 aliphatic rings. The number of rotatable bonds is 2. The number of hydrogen-bond donors (Lipinski definition) is 0. The van der Waals surface area contributed by atoms with E-state index in [1.165, 1.54) is 19.3 Å². The van der Waals surface area contributed by atoms with Crippen LogP contribution < -0.4 is 0 Å². The molecule has 5 nitrogen and oxygen atoms in total. The Bertz CT molecular complexity index is 695. The third-order valence-electron chi connectivity index (χ3n) is 5.60. The Hall–Kier alpha value is -2.17. The van der Waals surface area contributed by atoms with Crippen molar-refractivity contribution in [1.29, 1.82) is 0 Å². The predicted octanol–water partition coefficient (Wildman–Crippen LogP) is 3.31. The fourth-order valence-electron chi connectivity index (χ4n) is 4.37. The number of imidazole rings is 1. The van der Waals surface area contributed by atoms with Crippen LogP contribution in [0.25, 0.3) is 5.82 Å². The number of carbonyl (C=O) groups excluding carboxylic acids is 1. The summed E-state index contributed by atoms with van der Waals surface area (Å²) in [4.78, 5) is 23.6. The number of piperidine rings is 1. The number of aromatic nitrogens is 3. The van der Waals surface area contributed by atoms with Gasteiger partial charge < -0.3 is 4.90 Å². The monoisotopic (exact) mass is 324 g/mol. The molecule has 0 radical (unpaired) electrons. The highest BCUT2D eigenvalue weighted by atomic mass is 16.2. The van der Waals surface area contributed by atoms with E-state index < -0.39 is 0 Å². The molecule has 0 spiro atoms. The van der Waals surface area contributed by atoms with Crippen LogP contribution in [0.2, 0.25) is 0 Å². The van der Waals surface area contributed by atoms with Gasteiger partial charge in [0.25, 0.3) is 5.91 Å². The van der Waals surface area contributed by atoms with E-state index in [2.05, 4.69) is 21.8 Å². The SMILES string of the molecule is CC1CCC2C(CCCN2C(=O)c2ccc(-n3ccnc3)nc2)C1. The Labute approximate surface area is 142 Å². The van der Waals surface area contributed by atoms with E-state index in [1.54, 1.807) is 18.7 Å². The molecular weight excluding hydrogens is 300 g/mol. The molecular formula is C19H24N4O. The summed E-state index contributed by atoms with van der Waals surface area (Å²) in [5.41, 5.74) is 0.693. The molecule has 1 aliphatic carbocycles. The van der Waals surface area contributed by atoms with Crippen molar-refractivity contribution in [1.82, 2.24) is 19.4 Å². The molecule has 1 aliphatic heterocycles. The van der Waals surface area contributed by atoms with Crippen molar-refractivity contribution in [3.8, 4) is 5.82 Å². The van der Waals surface area contributed by atoms with Crippen LogP contribution in [0.4, 0.5) is 0 Å². The molecule has 5 heteroatoms. The number of nitrogens with zero attached hydrogens (tertiary/aromatic N) is 4. The van der Waals surface area contributed by atoms with Gasteiger partial charge in [-0.25, -0.2) is 9.97 Å². The molecule has 126 valence electrons. The third kappa shape index (κ3) is 2.83. The minimum atomic E-state index is 0.143. The van der Waals surface area contributed by atoms with Gasteiger partial charge in [-0.2, -0.15) is 0 Å². The Morgan fingerprint density at radius 1 is 1.25 bits per heavy atom. The van der Waals surface area contributed by atoms with Gasteiger partial charge in [0.15, 0.2) is 0 Å². The average molecular weight is 324 g/mol. The number of carbonyl (C=O) groups is 1. The Kier molecular flexibility index (Phi) is 4.08. The second-order valence-electron chi connectivity index (χ2n) is 7.26. The zero-order chi connectivity index (χ0) is 16.5. The van der Waals surface area contributed by atoms with Crippen molar-refractivity contribution >= 4 is 5.91 Å². The molecule has 3 atom stereocenters. The lowest BCUT2D eigenvalue weighted by Gasteiger charge is -2.45. The summed E-state index contributed by atoms with van der Waals surface area (Å²) in [7, 11) is 0. The first-order chi connectivity index (χ1) is 11.7. The van der Waals surface area contributed by atoms with Crippen molar-refractivity contribution in [2.75, 3.05) is 6.54 Å². The van der Waals surface area contributed by atoms with Crippen molar-refractivity contribution in [2.24, 2.45) is 11.8 Å². The molecule has 1 amide bonds. The minimum Gasteiger partial charge on any atom is -0.335 e. The van der Waals surface area contributed by atoms with Crippen molar-refractivity contribution in [3.63, 3.8) is 0 Å². The summed E-state index contributed by atoms with van der Waals surface area (Å²) < 4.78 is 1.84. The van der Waals surface area contributed by atoms with E-state index in [9.17, 15) is 4.79 Å². The Morgan fingerprint density at radius 2 is 2.17 bits per heavy atom. The summed E-state index contributed by atoms with van der Waals surface area (Å²) in [6.45, 7) is 3.23. The lowest BCUT2D eigenvalue weighted by atomic mass is 9.74. The molecule has 1 saturated heterocycles. The van der Waals surface area contributed by atoms with Crippen LogP contribution >= 0.6 is 0 Å². The van der Waals surface area contributed by atoms with Gasteiger partial charge in [0, 0.05) is 31.2 Å². The standard InChI is InChI=1S/C19H24N4O/c1-14-4-6-17-15(11-14)3-2-9-23(17)19(24)16-5-7-18(21-12-16)22-10-8-20-13-22/h5,7-8,10,12-15,17H,2-4,6,9,11H2,1H3. The first kappa shape index (κ1) is 15.4. The van der Waals surface area contributed by atoms with Crippen LogP contribution in [0.15, 0.2) is 37.1 Å². The fraction of sp³-hybridized carbons (Fsp3) is 0.526. The van der Waals surface area contributed by atoms with Crippen LogP contribution in [0.5, 0.6) is 0 Å². The lowest BCUT2D eigenvalue weighted by molar-refractivity contribution is 0.0321. The summed E-state index contributed by atoms with van der Waals surface area (Å²) in [6.07, 6.45) is 13.0. The van der Waals surface area contributed by atoms with Crippen LogP contribution in [-0.2, 0) is 0 Å². The molecule has 2 aromatic heterocycles. The first-order valence-electron chi connectivity index (χ1n) is 8.97. The van der Waals surface area contributed by atoms with Gasteiger partial charge in [-0.1, -0.05) is 6.92 Å². The number of likely N-dealkylation sites (tertiary alicyclic amines) is 1. The largest absolute Gasteiger partial charge is 0.335 e. The lowest BCUT2D eigenvalue weighted by Crippen LogP contribution is -2.50. The number of pyridine rings is 1. The van der Waals surface area contributed by atoms with E-state index in [0.29, 0.717) is 17.5 Å². The maximum absolute atomic E-state index is 13.0. The molecule has 1 saturated carbocycles. The molecule has 0 aromatic carbocycles. The van der Waals surface area contributed by atoms with Gasteiger partial charge in [0.2, 0.25) is 0 Å². The minimum absolute atomic E-state index is 0.143. The first-order valence-corrected chi connectivity index (χ1v) is 8.97. The van der Waals surface area contributed by atoms with Crippen molar-refractivity contribution in [2.45, 2.75) is 45.1 Å². The maximum atomic E-state index is 13.0. The summed E-state index contributed by atoms with van der Waals surface area (Å²) in [5, 5.41) is 0. The van der Waals surface area contributed by atoms with Crippen LogP contribution in [0, 0.1) is 11.8 Å². The zero-order valence-corrected chi connectivity index (χ0v) is 14.1. The highest BCUT2D eigenvalue weighted by molar-refractivity contribution is 5.94. The summed E-state index contributed by atoms with van der Waals surface area (Å²) in [6, 6.07) is 4.20. The Morgan fingerprint density at radius 3 is 2.92 bits per heavy atom. The second kappa shape index (κ2) is 6.38. The van der Waals surface area contributed by atoms with E-state index in [-0.39, 0.29) is 5.91 Å². The molecule has 0 N–H and O–H groups in total. The second-order valence-corrected chi connectivity index (χ2v) is 7.26. The van der Waals surface area contributed by atoms with Gasteiger partial charge >= 0.3 is 0 Å². The number of hydrogen-bond acceptors (Lipinski definition) is 3. The van der Waals surface area contributed by atoms with Crippen LogP contribution in [-0.4, -0.2) is 37.9 Å². The molecule has 4 rings (SSSR count). The number of fused-ring (bicyclic) bond motifs is 1. The van der Waals surface area contributed by atoms with Gasteiger partial charge in [-0.05, 0) is 56.1 Å². The maximum Gasteiger partial charge on any atom is 0.255 e. The zero-order valence-electron chi connectivity index (χ0n) is 14.1. The van der Waals surface area contributed by atoms with Gasteiger partial charge in [-0.15, -0.1) is 0 Å². The molecule has 2 fully saturated rings. The highest BCUT2D eigenvalue weighted by Gasteiger charge is 2.37. The molecule has 2 aromatic rings. The smallest absolute Gasteiger partial charge is 0.255 e. The fourth-order valence-corrected chi connectivity index (χ4v) is 4.37. The Balaban J connectivity index is 1.52. The quantitative estimate of drug-likeness (QED) is 0.851. The molecule has 3 unspecified atom stereocenters. The third-order valence-corrected chi connectivity index (χ3v) is 5.60. The topological polar surface area (TPSA) is 51.0 Å². The van der Waals surface area contributed by atoms with Gasteiger partial charge in [0.05, 0.1) is 5.56 Å². The van der Waals surface area contributed by atoms with Gasteiger partial charge in [0.1, 0.15) is 12.1 Å². The molecule has 24 heavy (non-hydrogen) atoms. The number of amides is 1. The predicted molar refractivity (Wildman–Crippen MR) is 91.9 cm³/mol. The van der Waals surface area contributed by atoms with E-state index >= 15 is 0 Å². The van der Waals surface area contributed by atoms with E-state index in [1.807, 2.05) is 22.9 Å². The molecule has 3 heterocycles. The average Bonchev–Trinajstić information content (AvgIpc) is 3.15. The van der Waals surface area contributed by atoms with Crippen molar-refractivity contribution in [3.05, 3.63) is 42.6 Å². The van der Waals surface area contributed by atoms with Crippen molar-refractivity contribution < 1.29 is 4.79 Å². The van der Waals surface area contributed by atoms with Gasteiger partial charge in [-0.3, -0.25) is 9.36 Å². The van der Waals surface area contributed by atoms with E-state index in [0.717, 1.165) is 31.1 Å². The normalized spacial score (nSPS) is 26.9. The van der Waals surface area contributed by atoms with Crippen LogP contribution in [0.1, 0.15) is 49.4 Å². The highest BCUT2D eigenvalue weighted by Crippen LogP contribution is 2.38. The molecule has 0 bridgehead atoms.